The molecule has 0 saturated heterocycles. The van der Waals surface area contributed by atoms with Crippen LogP contribution in [0.25, 0.3) is 6.08 Å². The molecule has 0 aliphatic rings. The second-order valence-electron chi connectivity index (χ2n) is 3.22. The van der Waals surface area contributed by atoms with E-state index < -0.39 is 4.92 Å². The quantitative estimate of drug-likeness (QED) is 0.602. The highest BCUT2D eigenvalue weighted by atomic mass is 32.2. The maximum Gasteiger partial charge on any atom is 0.295 e. The predicted molar refractivity (Wildman–Crippen MR) is 69.6 cm³/mol. The average molecular weight is 268 g/mol. The van der Waals surface area contributed by atoms with E-state index in [2.05, 4.69) is 4.98 Å². The van der Waals surface area contributed by atoms with Gasteiger partial charge in [0.15, 0.2) is 5.12 Å². The topological polar surface area (TPSA) is 82.3 Å². The van der Waals surface area contributed by atoms with Crippen molar-refractivity contribution in [3.05, 3.63) is 34.0 Å². The van der Waals surface area contributed by atoms with Crippen LogP contribution in [0.1, 0.15) is 12.6 Å². The summed E-state index contributed by atoms with van der Waals surface area (Å²) < 4.78 is 4.91. The van der Waals surface area contributed by atoms with E-state index >= 15 is 0 Å². The number of ether oxygens (including phenoxy) is 1. The predicted octanol–water partition coefficient (Wildman–Crippen LogP) is 2.29. The molecular weight excluding hydrogens is 256 g/mol. The molecule has 0 spiro atoms. The third-order valence-electron chi connectivity index (χ3n) is 1.94. The zero-order valence-corrected chi connectivity index (χ0v) is 10.8. The van der Waals surface area contributed by atoms with E-state index in [0.717, 1.165) is 11.8 Å². The lowest BCUT2D eigenvalue weighted by atomic mass is 10.3. The molecule has 0 N–H and O–H groups in total. The summed E-state index contributed by atoms with van der Waals surface area (Å²) in [6, 6.07) is 2.77. The number of pyridine rings is 1. The molecule has 96 valence electrons. The van der Waals surface area contributed by atoms with Crippen LogP contribution in [0.4, 0.5) is 5.69 Å². The largest absolute Gasteiger partial charge is 0.481 e. The first-order valence-electron chi connectivity index (χ1n) is 5.04. The van der Waals surface area contributed by atoms with Crippen LogP contribution in [0.2, 0.25) is 0 Å². The van der Waals surface area contributed by atoms with Crippen LogP contribution in [-0.2, 0) is 4.79 Å². The Bertz CT molecular complexity index is 488. The van der Waals surface area contributed by atoms with Gasteiger partial charge in [0.1, 0.15) is 5.69 Å². The molecule has 0 saturated carbocycles. The highest BCUT2D eigenvalue weighted by Gasteiger charge is 2.13. The van der Waals surface area contributed by atoms with E-state index in [0.29, 0.717) is 11.6 Å². The molecule has 0 fully saturated rings. The summed E-state index contributed by atoms with van der Waals surface area (Å²) in [6.07, 6.45) is 3.16. The Morgan fingerprint density at radius 1 is 1.61 bits per heavy atom. The standard InChI is InChI=1S/C11H12N2O4S/c1-8(14)18-7-3-4-9-10(13(15)16)5-6-11(12-9)17-2/h3-6H,7H2,1-2H3. The number of thioether (sulfide) groups is 1. The molecule has 0 aliphatic carbocycles. The van der Waals surface area contributed by atoms with Crippen LogP contribution in [0.3, 0.4) is 0 Å². The lowest BCUT2D eigenvalue weighted by molar-refractivity contribution is -0.385. The summed E-state index contributed by atoms with van der Waals surface area (Å²) in [7, 11) is 1.44. The van der Waals surface area contributed by atoms with E-state index in [9.17, 15) is 14.9 Å². The molecule has 18 heavy (non-hydrogen) atoms. The summed E-state index contributed by atoms with van der Waals surface area (Å²) >= 11 is 1.12. The van der Waals surface area contributed by atoms with Crippen molar-refractivity contribution in [2.24, 2.45) is 0 Å². The Kier molecular flexibility index (Phi) is 5.31. The Hall–Kier alpha value is -1.89. The summed E-state index contributed by atoms with van der Waals surface area (Å²) in [4.78, 5) is 25.0. The van der Waals surface area contributed by atoms with Crippen LogP contribution >= 0.6 is 11.8 Å². The highest BCUT2D eigenvalue weighted by molar-refractivity contribution is 8.13. The molecule has 1 heterocycles. The van der Waals surface area contributed by atoms with E-state index in [1.165, 1.54) is 32.2 Å². The molecule has 0 aliphatic heterocycles. The second-order valence-corrected chi connectivity index (χ2v) is 4.42. The van der Waals surface area contributed by atoms with Crippen LogP contribution < -0.4 is 4.74 Å². The fourth-order valence-electron chi connectivity index (χ4n) is 1.16. The molecule has 0 amide bonds. The molecule has 1 aromatic rings. The molecule has 0 unspecified atom stereocenters. The zero-order chi connectivity index (χ0) is 13.5. The maximum absolute atomic E-state index is 10.8. The molecule has 7 heteroatoms. The summed E-state index contributed by atoms with van der Waals surface area (Å²) in [5, 5.41) is 10.8. The third kappa shape index (κ3) is 4.17. The Labute approximate surface area is 108 Å². The Morgan fingerprint density at radius 2 is 2.33 bits per heavy atom. The lowest BCUT2D eigenvalue weighted by Gasteiger charge is -2.01. The SMILES string of the molecule is COc1ccc([N+](=O)[O-])c(C=CCSC(C)=O)n1. The van der Waals surface area contributed by atoms with Gasteiger partial charge in [-0.1, -0.05) is 17.8 Å². The number of nitrogens with zero attached hydrogens (tertiary/aromatic N) is 2. The van der Waals surface area contributed by atoms with Gasteiger partial charge in [0.25, 0.3) is 5.69 Å². The minimum Gasteiger partial charge on any atom is -0.481 e. The van der Waals surface area contributed by atoms with Gasteiger partial charge in [-0.25, -0.2) is 4.98 Å². The van der Waals surface area contributed by atoms with Crippen LogP contribution in [0.15, 0.2) is 18.2 Å². The van der Waals surface area contributed by atoms with Crippen molar-refractivity contribution in [2.75, 3.05) is 12.9 Å². The monoisotopic (exact) mass is 268 g/mol. The number of hydrogen-bond acceptors (Lipinski definition) is 6. The van der Waals surface area contributed by atoms with Gasteiger partial charge in [-0.2, -0.15) is 0 Å². The molecule has 1 aromatic heterocycles. The van der Waals surface area contributed by atoms with Gasteiger partial charge in [0.05, 0.1) is 12.0 Å². The summed E-state index contributed by atoms with van der Waals surface area (Å²) in [5.41, 5.74) is 0.114. The fraction of sp³-hybridized carbons (Fsp3) is 0.273. The smallest absolute Gasteiger partial charge is 0.295 e. The van der Waals surface area contributed by atoms with Crippen molar-refractivity contribution in [3.63, 3.8) is 0 Å². The minimum absolute atomic E-state index is 0.00671. The van der Waals surface area contributed by atoms with Crippen molar-refractivity contribution < 1.29 is 14.5 Å². The number of methoxy groups -OCH3 is 1. The molecule has 0 bridgehead atoms. The Morgan fingerprint density at radius 3 is 2.89 bits per heavy atom. The first-order valence-corrected chi connectivity index (χ1v) is 6.02. The maximum atomic E-state index is 10.8. The van der Waals surface area contributed by atoms with E-state index in [-0.39, 0.29) is 16.5 Å². The van der Waals surface area contributed by atoms with Crippen molar-refractivity contribution in [3.8, 4) is 5.88 Å². The molecule has 6 nitrogen and oxygen atoms in total. The van der Waals surface area contributed by atoms with Crippen molar-refractivity contribution >= 4 is 28.6 Å². The highest BCUT2D eigenvalue weighted by Crippen LogP contribution is 2.21. The first kappa shape index (κ1) is 14.2. The van der Waals surface area contributed by atoms with Gasteiger partial charge in [0.2, 0.25) is 5.88 Å². The number of nitro groups is 1. The van der Waals surface area contributed by atoms with Gasteiger partial charge >= 0.3 is 0 Å². The summed E-state index contributed by atoms with van der Waals surface area (Å²) in [6.45, 7) is 1.46. The van der Waals surface area contributed by atoms with Crippen molar-refractivity contribution in [1.82, 2.24) is 4.98 Å². The average Bonchev–Trinajstić information content (AvgIpc) is 2.33. The van der Waals surface area contributed by atoms with E-state index in [1.54, 1.807) is 6.08 Å². The van der Waals surface area contributed by atoms with Crippen molar-refractivity contribution in [1.29, 1.82) is 0 Å². The van der Waals surface area contributed by atoms with Gasteiger partial charge in [-0.05, 0) is 6.08 Å². The molecule has 0 aromatic carbocycles. The van der Waals surface area contributed by atoms with E-state index in [1.807, 2.05) is 0 Å². The van der Waals surface area contributed by atoms with Crippen LogP contribution in [-0.4, -0.2) is 27.9 Å². The van der Waals surface area contributed by atoms with E-state index in [4.69, 9.17) is 4.74 Å². The molecule has 1 rings (SSSR count). The zero-order valence-electron chi connectivity index (χ0n) is 9.95. The lowest BCUT2D eigenvalue weighted by Crippen LogP contribution is -1.96. The number of carbonyl (C=O) groups excluding carboxylic acids is 1. The van der Waals surface area contributed by atoms with Gasteiger partial charge < -0.3 is 4.74 Å². The van der Waals surface area contributed by atoms with Crippen LogP contribution in [0.5, 0.6) is 5.88 Å². The number of carbonyl (C=O) groups is 1. The van der Waals surface area contributed by atoms with Gasteiger partial charge in [0, 0.05) is 24.8 Å². The number of rotatable bonds is 5. The number of aromatic nitrogens is 1. The summed E-state index contributed by atoms with van der Waals surface area (Å²) in [5.74, 6) is 0.755. The third-order valence-corrected chi connectivity index (χ3v) is 2.71. The van der Waals surface area contributed by atoms with Gasteiger partial charge in [-0.15, -0.1) is 0 Å². The normalized spacial score (nSPS) is 10.6. The number of hydrogen-bond donors (Lipinski definition) is 0. The fourth-order valence-corrected chi connectivity index (χ4v) is 1.59. The first-order chi connectivity index (χ1) is 8.54. The molecular formula is C11H12N2O4S. The second kappa shape index (κ2) is 6.75. The molecule has 0 radical (unpaired) electrons. The Balaban J connectivity index is 2.90. The van der Waals surface area contributed by atoms with Crippen LogP contribution in [0, 0.1) is 10.1 Å². The van der Waals surface area contributed by atoms with Gasteiger partial charge in [-0.3, -0.25) is 14.9 Å². The van der Waals surface area contributed by atoms with Crippen molar-refractivity contribution in [2.45, 2.75) is 6.92 Å². The minimum atomic E-state index is -0.510. The molecule has 0 atom stereocenters.